The Morgan fingerprint density at radius 2 is 1.87 bits per heavy atom. The summed E-state index contributed by atoms with van der Waals surface area (Å²) >= 11 is 0. The lowest BCUT2D eigenvalue weighted by Gasteiger charge is -2.22. The fourth-order valence-electron chi connectivity index (χ4n) is 1.66. The van der Waals surface area contributed by atoms with Crippen molar-refractivity contribution < 1.29 is 18.3 Å². The van der Waals surface area contributed by atoms with Crippen LogP contribution in [0.4, 0.5) is 8.78 Å². The first-order valence-electron chi connectivity index (χ1n) is 4.74. The highest BCUT2D eigenvalue weighted by Crippen LogP contribution is 2.27. The number of carbonyl (C=O) groups excluding carboxylic acids is 1. The van der Waals surface area contributed by atoms with Crippen LogP contribution in [-0.4, -0.2) is 12.4 Å². The predicted molar refractivity (Wildman–Crippen MR) is 49.3 cm³/mol. The van der Waals surface area contributed by atoms with Crippen LogP contribution in [0, 0.1) is 11.6 Å². The Labute approximate surface area is 85.9 Å². The third kappa shape index (κ3) is 2.39. The third-order valence-electron chi connectivity index (χ3n) is 2.37. The van der Waals surface area contributed by atoms with E-state index in [1.807, 2.05) is 0 Å². The summed E-state index contributed by atoms with van der Waals surface area (Å²) < 4.78 is 31.1. The molecule has 1 aliphatic heterocycles. The van der Waals surface area contributed by atoms with Crippen molar-refractivity contribution in [2.24, 2.45) is 0 Å². The molecule has 0 bridgehead atoms. The van der Waals surface area contributed by atoms with E-state index >= 15 is 0 Å². The van der Waals surface area contributed by atoms with Gasteiger partial charge in [-0.3, -0.25) is 4.79 Å². The van der Waals surface area contributed by atoms with Crippen LogP contribution in [0.5, 0.6) is 0 Å². The number of ether oxygens (including phenoxy) is 1. The van der Waals surface area contributed by atoms with E-state index in [1.54, 1.807) is 0 Å². The van der Waals surface area contributed by atoms with E-state index in [-0.39, 0.29) is 12.2 Å². The first kappa shape index (κ1) is 10.2. The summed E-state index contributed by atoms with van der Waals surface area (Å²) in [7, 11) is 0. The van der Waals surface area contributed by atoms with E-state index in [1.165, 1.54) is 12.1 Å². The standard InChI is InChI=1S/C11H10F2O2/c12-8-3-7(4-9(13)5-8)11-6-10(14)1-2-15-11/h3-5,11H,1-2,6H2. The molecule has 1 fully saturated rings. The maximum absolute atomic E-state index is 12.9. The molecule has 15 heavy (non-hydrogen) atoms. The molecule has 0 aromatic heterocycles. The Bertz CT molecular complexity index is 370. The van der Waals surface area contributed by atoms with Gasteiger partial charge < -0.3 is 4.74 Å². The largest absolute Gasteiger partial charge is 0.373 e. The van der Waals surface area contributed by atoms with Crippen molar-refractivity contribution in [1.29, 1.82) is 0 Å². The van der Waals surface area contributed by atoms with E-state index in [9.17, 15) is 13.6 Å². The molecular weight excluding hydrogens is 202 g/mol. The molecule has 0 radical (unpaired) electrons. The van der Waals surface area contributed by atoms with Crippen molar-refractivity contribution in [3.63, 3.8) is 0 Å². The summed E-state index contributed by atoms with van der Waals surface area (Å²) in [6, 6.07) is 3.20. The monoisotopic (exact) mass is 212 g/mol. The van der Waals surface area contributed by atoms with Gasteiger partial charge in [-0.25, -0.2) is 8.78 Å². The average Bonchev–Trinajstić information content (AvgIpc) is 2.16. The van der Waals surface area contributed by atoms with Crippen molar-refractivity contribution in [3.8, 4) is 0 Å². The third-order valence-corrected chi connectivity index (χ3v) is 2.37. The van der Waals surface area contributed by atoms with E-state index in [2.05, 4.69) is 0 Å². The van der Waals surface area contributed by atoms with Crippen molar-refractivity contribution in [1.82, 2.24) is 0 Å². The molecule has 1 heterocycles. The summed E-state index contributed by atoms with van der Waals surface area (Å²) in [6.45, 7) is 0.321. The number of carbonyl (C=O) groups is 1. The Kier molecular flexibility index (Phi) is 2.77. The lowest BCUT2D eigenvalue weighted by Crippen LogP contribution is -2.19. The zero-order valence-electron chi connectivity index (χ0n) is 8.00. The molecule has 0 aliphatic carbocycles. The Hall–Kier alpha value is -1.29. The normalized spacial score (nSPS) is 21.7. The molecule has 2 nitrogen and oxygen atoms in total. The molecule has 0 spiro atoms. The predicted octanol–water partition coefficient (Wildman–Crippen LogP) is 2.39. The molecule has 2 rings (SSSR count). The molecule has 0 N–H and O–H groups in total. The van der Waals surface area contributed by atoms with Gasteiger partial charge in [0.05, 0.1) is 12.7 Å². The van der Waals surface area contributed by atoms with Gasteiger partial charge in [-0.2, -0.15) is 0 Å². The maximum atomic E-state index is 12.9. The van der Waals surface area contributed by atoms with E-state index in [0.717, 1.165) is 6.07 Å². The number of hydrogen-bond donors (Lipinski definition) is 0. The van der Waals surface area contributed by atoms with E-state index in [4.69, 9.17) is 4.74 Å². The topological polar surface area (TPSA) is 26.3 Å². The minimum Gasteiger partial charge on any atom is -0.373 e. The van der Waals surface area contributed by atoms with Crippen molar-refractivity contribution >= 4 is 5.78 Å². The van der Waals surface area contributed by atoms with Gasteiger partial charge in [-0.1, -0.05) is 0 Å². The highest BCUT2D eigenvalue weighted by Gasteiger charge is 2.22. The number of ketones is 1. The van der Waals surface area contributed by atoms with E-state index in [0.29, 0.717) is 18.6 Å². The van der Waals surface area contributed by atoms with Crippen LogP contribution in [-0.2, 0) is 9.53 Å². The second-order valence-corrected chi connectivity index (χ2v) is 3.56. The number of halogens is 2. The van der Waals surface area contributed by atoms with Crippen molar-refractivity contribution in [2.75, 3.05) is 6.61 Å². The molecule has 1 saturated heterocycles. The van der Waals surface area contributed by atoms with Gasteiger partial charge in [-0.15, -0.1) is 0 Å². The zero-order chi connectivity index (χ0) is 10.8. The summed E-state index contributed by atoms with van der Waals surface area (Å²) in [5.41, 5.74) is 0.389. The molecule has 0 saturated carbocycles. The average molecular weight is 212 g/mol. The fourth-order valence-corrected chi connectivity index (χ4v) is 1.66. The lowest BCUT2D eigenvalue weighted by molar-refractivity contribution is -0.128. The lowest BCUT2D eigenvalue weighted by atomic mass is 10.0. The van der Waals surface area contributed by atoms with Gasteiger partial charge in [0.25, 0.3) is 0 Å². The van der Waals surface area contributed by atoms with Gasteiger partial charge >= 0.3 is 0 Å². The Morgan fingerprint density at radius 3 is 2.47 bits per heavy atom. The van der Waals surface area contributed by atoms with Gasteiger partial charge in [-0.05, 0) is 17.7 Å². The molecule has 4 heteroatoms. The quantitative estimate of drug-likeness (QED) is 0.714. The zero-order valence-corrected chi connectivity index (χ0v) is 8.00. The van der Waals surface area contributed by atoms with Crippen LogP contribution in [0.2, 0.25) is 0 Å². The van der Waals surface area contributed by atoms with Crippen LogP contribution < -0.4 is 0 Å². The smallest absolute Gasteiger partial charge is 0.138 e. The molecule has 80 valence electrons. The van der Waals surface area contributed by atoms with Crippen LogP contribution in [0.25, 0.3) is 0 Å². The first-order valence-corrected chi connectivity index (χ1v) is 4.74. The van der Waals surface area contributed by atoms with Crippen LogP contribution in [0.1, 0.15) is 24.5 Å². The molecule has 0 amide bonds. The second kappa shape index (κ2) is 4.06. The fraction of sp³-hybridized carbons (Fsp3) is 0.364. The minimum atomic E-state index is -0.647. The highest BCUT2D eigenvalue weighted by atomic mass is 19.1. The number of hydrogen-bond acceptors (Lipinski definition) is 2. The first-order chi connectivity index (χ1) is 7.15. The summed E-state index contributed by atoms with van der Waals surface area (Å²) in [6.07, 6.45) is 0.0773. The van der Waals surface area contributed by atoms with Gasteiger partial charge in [0, 0.05) is 18.9 Å². The van der Waals surface area contributed by atoms with Crippen molar-refractivity contribution in [3.05, 3.63) is 35.4 Å². The van der Waals surface area contributed by atoms with Gasteiger partial charge in [0.1, 0.15) is 17.4 Å². The Balaban J connectivity index is 2.24. The van der Waals surface area contributed by atoms with Gasteiger partial charge in [0.15, 0.2) is 0 Å². The molecular formula is C11H10F2O2. The second-order valence-electron chi connectivity index (χ2n) is 3.56. The van der Waals surface area contributed by atoms with Gasteiger partial charge in [0.2, 0.25) is 0 Å². The maximum Gasteiger partial charge on any atom is 0.138 e. The number of Topliss-reactive ketones (excluding diaryl/α,β-unsaturated/α-hetero) is 1. The Morgan fingerprint density at radius 1 is 1.20 bits per heavy atom. The highest BCUT2D eigenvalue weighted by molar-refractivity contribution is 5.79. The van der Waals surface area contributed by atoms with Crippen molar-refractivity contribution in [2.45, 2.75) is 18.9 Å². The molecule has 1 aromatic rings. The van der Waals surface area contributed by atoms with Crippen LogP contribution in [0.15, 0.2) is 18.2 Å². The summed E-state index contributed by atoms with van der Waals surface area (Å²) in [5.74, 6) is -1.23. The van der Waals surface area contributed by atoms with Crippen LogP contribution in [0.3, 0.4) is 0 Å². The SMILES string of the molecule is O=C1CCOC(c2cc(F)cc(F)c2)C1. The minimum absolute atomic E-state index is 0.0657. The summed E-state index contributed by atoms with van der Waals surface area (Å²) in [5, 5.41) is 0. The summed E-state index contributed by atoms with van der Waals surface area (Å²) in [4.78, 5) is 11.1. The molecule has 1 aromatic carbocycles. The molecule has 1 unspecified atom stereocenters. The number of rotatable bonds is 1. The molecule has 1 atom stereocenters. The molecule has 1 aliphatic rings. The van der Waals surface area contributed by atoms with E-state index < -0.39 is 17.7 Å². The van der Waals surface area contributed by atoms with Crippen LogP contribution >= 0.6 is 0 Å². The number of benzene rings is 1.